The van der Waals surface area contributed by atoms with E-state index in [1.54, 1.807) is 30.3 Å². The Kier molecular flexibility index (Phi) is 7.80. The highest BCUT2D eigenvalue weighted by Crippen LogP contribution is 2.20. The minimum absolute atomic E-state index is 0.251. The Morgan fingerprint density at radius 1 is 0.861 bits per heavy atom. The van der Waals surface area contributed by atoms with Gasteiger partial charge in [0.15, 0.2) is 0 Å². The minimum atomic E-state index is -0.723. The predicted molar refractivity (Wildman–Crippen MR) is 143 cm³/mol. The molecule has 8 nitrogen and oxygen atoms in total. The molecule has 9 heteroatoms. The van der Waals surface area contributed by atoms with E-state index in [0.717, 1.165) is 20.2 Å². The number of rotatable bonds is 8. The van der Waals surface area contributed by atoms with Gasteiger partial charge in [0.05, 0.1) is 10.9 Å². The number of carbonyl (C=O) groups is 2. The van der Waals surface area contributed by atoms with E-state index < -0.39 is 29.6 Å². The zero-order valence-corrected chi connectivity index (χ0v) is 21.2. The Morgan fingerprint density at radius 3 is 2.31 bits per heavy atom. The van der Waals surface area contributed by atoms with Crippen molar-refractivity contribution in [2.24, 2.45) is 0 Å². The Bertz CT molecular complexity index is 1540. The lowest BCUT2D eigenvalue weighted by molar-refractivity contribution is -0.121. The monoisotopic (exact) mass is 548 g/mol. The molecule has 0 spiro atoms. The number of amides is 2. The number of hydrogen-bond donors (Lipinski definition) is 2. The van der Waals surface area contributed by atoms with Crippen molar-refractivity contribution < 1.29 is 9.59 Å². The van der Waals surface area contributed by atoms with Crippen molar-refractivity contribution in [3.05, 3.63) is 109 Å². The van der Waals surface area contributed by atoms with Crippen LogP contribution in [0.1, 0.15) is 11.1 Å². The summed E-state index contributed by atoms with van der Waals surface area (Å²) in [4.78, 5) is 51.7. The first kappa shape index (κ1) is 25.1. The maximum Gasteiger partial charge on any atom is 0.332 e. The van der Waals surface area contributed by atoms with Crippen LogP contribution in [0.25, 0.3) is 10.9 Å². The van der Waals surface area contributed by atoms with Gasteiger partial charge in [-0.3, -0.25) is 23.5 Å². The van der Waals surface area contributed by atoms with Gasteiger partial charge in [-0.2, -0.15) is 0 Å². The van der Waals surface area contributed by atoms with Crippen molar-refractivity contribution in [3.63, 3.8) is 0 Å². The van der Waals surface area contributed by atoms with Gasteiger partial charge in [0.1, 0.15) is 13.1 Å². The van der Waals surface area contributed by atoms with Crippen LogP contribution in [-0.4, -0.2) is 27.5 Å². The van der Waals surface area contributed by atoms with Crippen LogP contribution in [0.2, 0.25) is 0 Å². The highest BCUT2D eigenvalue weighted by molar-refractivity contribution is 9.10. The number of nitrogens with one attached hydrogen (secondary N) is 2. The zero-order valence-electron chi connectivity index (χ0n) is 19.7. The van der Waals surface area contributed by atoms with Gasteiger partial charge >= 0.3 is 5.69 Å². The maximum absolute atomic E-state index is 13.3. The fourth-order valence-corrected chi connectivity index (χ4v) is 4.17. The molecule has 2 N–H and O–H groups in total. The smallest absolute Gasteiger partial charge is 0.332 e. The topological polar surface area (TPSA) is 102 Å². The molecule has 4 rings (SSSR count). The fourth-order valence-electron chi connectivity index (χ4n) is 3.92. The summed E-state index contributed by atoms with van der Waals surface area (Å²) in [5, 5.41) is 5.79. The second kappa shape index (κ2) is 11.2. The van der Waals surface area contributed by atoms with Crippen molar-refractivity contribution in [2.45, 2.75) is 26.4 Å². The largest absolute Gasteiger partial charge is 0.354 e. The highest BCUT2D eigenvalue weighted by Gasteiger charge is 2.17. The fraction of sp³-hybridized carbons (Fsp3) is 0.185. The predicted octanol–water partition coefficient (Wildman–Crippen LogP) is 3.23. The third-order valence-corrected chi connectivity index (χ3v) is 6.65. The molecule has 4 aromatic rings. The van der Waals surface area contributed by atoms with E-state index in [9.17, 15) is 19.2 Å². The highest BCUT2D eigenvalue weighted by atomic mass is 79.9. The summed E-state index contributed by atoms with van der Waals surface area (Å²) < 4.78 is 3.00. The molecule has 0 aliphatic carbocycles. The summed E-state index contributed by atoms with van der Waals surface area (Å²) in [6.07, 6.45) is 0.624. The van der Waals surface area contributed by atoms with E-state index in [4.69, 9.17) is 0 Å². The lowest BCUT2D eigenvalue weighted by Crippen LogP contribution is -2.45. The van der Waals surface area contributed by atoms with Crippen LogP contribution in [0.4, 0.5) is 5.69 Å². The van der Waals surface area contributed by atoms with Gasteiger partial charge in [-0.05, 0) is 54.8 Å². The Labute approximate surface area is 215 Å². The van der Waals surface area contributed by atoms with Gasteiger partial charge < -0.3 is 10.6 Å². The zero-order chi connectivity index (χ0) is 25.7. The quantitative estimate of drug-likeness (QED) is 0.353. The van der Waals surface area contributed by atoms with Gasteiger partial charge in [0, 0.05) is 16.7 Å². The van der Waals surface area contributed by atoms with E-state index in [1.807, 2.05) is 49.4 Å². The molecule has 0 radical (unpaired) electrons. The first-order valence-corrected chi connectivity index (χ1v) is 12.2. The molecule has 0 atom stereocenters. The number of para-hydroxylation sites is 1. The number of aromatic nitrogens is 2. The molecule has 0 fully saturated rings. The molecule has 2 amide bonds. The third-order valence-electron chi connectivity index (χ3n) is 5.76. The van der Waals surface area contributed by atoms with Gasteiger partial charge in [-0.1, -0.05) is 58.4 Å². The number of fused-ring (bicyclic) bond motifs is 1. The molecule has 0 saturated carbocycles. The molecule has 0 aliphatic heterocycles. The summed E-state index contributed by atoms with van der Waals surface area (Å²) in [5.74, 6) is -0.886. The van der Waals surface area contributed by atoms with Crippen molar-refractivity contribution in [1.29, 1.82) is 0 Å². The molecule has 3 aromatic carbocycles. The van der Waals surface area contributed by atoms with Crippen molar-refractivity contribution in [2.75, 3.05) is 11.9 Å². The number of nitrogens with zero attached hydrogens (tertiary/aromatic N) is 2. The summed E-state index contributed by atoms with van der Waals surface area (Å²) in [7, 11) is 0. The second-order valence-electron chi connectivity index (χ2n) is 8.37. The second-order valence-corrected chi connectivity index (χ2v) is 9.23. The van der Waals surface area contributed by atoms with Crippen LogP contribution in [0.3, 0.4) is 0 Å². The molecule has 36 heavy (non-hydrogen) atoms. The molecular weight excluding hydrogens is 524 g/mol. The molecule has 1 heterocycles. The van der Waals surface area contributed by atoms with Crippen LogP contribution in [0.15, 0.2) is 86.9 Å². The van der Waals surface area contributed by atoms with Gasteiger partial charge in [-0.15, -0.1) is 0 Å². The normalized spacial score (nSPS) is 10.8. The average Bonchev–Trinajstić information content (AvgIpc) is 2.87. The van der Waals surface area contributed by atoms with Gasteiger partial charge in [0.25, 0.3) is 5.56 Å². The number of anilines is 1. The van der Waals surface area contributed by atoms with Crippen LogP contribution in [0, 0.1) is 6.92 Å². The molecule has 0 aliphatic rings. The number of aryl methyl sites for hydroxylation is 1. The van der Waals surface area contributed by atoms with Crippen LogP contribution >= 0.6 is 15.9 Å². The Hall–Kier alpha value is -3.98. The lowest BCUT2D eigenvalue weighted by Gasteiger charge is -2.14. The molecule has 0 unspecified atom stereocenters. The maximum atomic E-state index is 13.3. The van der Waals surface area contributed by atoms with E-state index in [2.05, 4.69) is 26.6 Å². The first-order valence-electron chi connectivity index (χ1n) is 11.4. The summed E-state index contributed by atoms with van der Waals surface area (Å²) in [6, 6.07) is 21.6. The third kappa shape index (κ3) is 5.80. The lowest BCUT2D eigenvalue weighted by atomic mass is 10.1. The van der Waals surface area contributed by atoms with E-state index >= 15 is 0 Å². The van der Waals surface area contributed by atoms with E-state index in [1.165, 1.54) is 4.57 Å². The Morgan fingerprint density at radius 2 is 1.56 bits per heavy atom. The number of hydrogen-bond acceptors (Lipinski definition) is 4. The summed E-state index contributed by atoms with van der Waals surface area (Å²) in [5.41, 5.74) is 1.63. The van der Waals surface area contributed by atoms with Gasteiger partial charge in [-0.25, -0.2) is 4.79 Å². The Balaban J connectivity index is 1.56. The minimum Gasteiger partial charge on any atom is -0.354 e. The molecule has 0 bridgehead atoms. The van der Waals surface area contributed by atoms with E-state index in [-0.39, 0.29) is 11.9 Å². The number of halogens is 1. The van der Waals surface area contributed by atoms with Gasteiger partial charge in [0.2, 0.25) is 11.8 Å². The molecular formula is C27H25BrN4O4. The van der Waals surface area contributed by atoms with Crippen molar-refractivity contribution in [1.82, 2.24) is 14.5 Å². The van der Waals surface area contributed by atoms with Crippen molar-refractivity contribution in [3.8, 4) is 0 Å². The molecule has 0 saturated heterocycles. The van der Waals surface area contributed by atoms with Crippen LogP contribution in [0.5, 0.6) is 0 Å². The molecule has 184 valence electrons. The number of benzene rings is 3. The molecule has 1 aromatic heterocycles. The first-order chi connectivity index (χ1) is 17.3. The summed E-state index contributed by atoms with van der Waals surface area (Å²) in [6.45, 7) is 1.52. The van der Waals surface area contributed by atoms with Crippen molar-refractivity contribution >= 4 is 44.3 Å². The van der Waals surface area contributed by atoms with Crippen LogP contribution < -0.4 is 21.9 Å². The summed E-state index contributed by atoms with van der Waals surface area (Å²) >= 11 is 3.42. The average molecular weight is 549 g/mol. The van der Waals surface area contributed by atoms with E-state index in [0.29, 0.717) is 24.2 Å². The number of carbonyl (C=O) groups excluding carboxylic acids is 2. The standard InChI is InChI=1S/C27H25BrN4O4/c1-18-15-20(11-12-22(18)28)30-25(34)17-31-23-10-6-5-9-21(23)26(35)32(27(31)36)16-24(33)29-14-13-19-7-3-2-4-8-19/h2-12,15H,13-14,16-17H2,1H3,(H,29,33)(H,30,34). The van der Waals surface area contributed by atoms with Crippen LogP contribution in [-0.2, 0) is 29.1 Å². The SMILES string of the molecule is Cc1cc(NC(=O)Cn2c(=O)n(CC(=O)NCCc3ccccc3)c(=O)c3ccccc32)ccc1Br.